The van der Waals surface area contributed by atoms with Gasteiger partial charge < -0.3 is 20.1 Å². The summed E-state index contributed by atoms with van der Waals surface area (Å²) in [5, 5.41) is 8.31. The smallest absolute Gasteiger partial charge is 0.319 e. The highest BCUT2D eigenvalue weighted by molar-refractivity contribution is 6.07. The maximum absolute atomic E-state index is 13.6. The number of hydrogen-bond acceptors (Lipinski definition) is 5. The molecule has 1 aliphatic heterocycles. The summed E-state index contributed by atoms with van der Waals surface area (Å²) in [6.45, 7) is 5.08. The molecule has 0 bridgehead atoms. The third-order valence-electron chi connectivity index (χ3n) is 7.24. The molecule has 0 aliphatic carbocycles. The Bertz CT molecular complexity index is 1390. The predicted octanol–water partition coefficient (Wildman–Crippen LogP) is 5.45. The van der Waals surface area contributed by atoms with Crippen LogP contribution in [0.15, 0.2) is 78.9 Å². The van der Waals surface area contributed by atoms with E-state index in [0.717, 1.165) is 53.1 Å². The molecule has 0 saturated carbocycles. The van der Waals surface area contributed by atoms with Crippen molar-refractivity contribution in [2.45, 2.75) is 18.9 Å². The van der Waals surface area contributed by atoms with Crippen LogP contribution in [0.1, 0.15) is 17.2 Å². The van der Waals surface area contributed by atoms with Gasteiger partial charge in [-0.2, -0.15) is 0 Å². The van der Waals surface area contributed by atoms with Gasteiger partial charge in [0.25, 0.3) is 0 Å². The Morgan fingerprint density at radius 2 is 1.71 bits per heavy atom. The minimum atomic E-state index is -0.253. The molecule has 7 nitrogen and oxygen atoms in total. The van der Waals surface area contributed by atoms with E-state index in [1.54, 1.807) is 14.2 Å². The van der Waals surface area contributed by atoms with Crippen molar-refractivity contribution in [3.05, 3.63) is 90.1 Å². The molecule has 38 heavy (non-hydrogen) atoms. The summed E-state index contributed by atoms with van der Waals surface area (Å²) in [6, 6.07) is 25.9. The number of pyridine rings is 1. The predicted molar refractivity (Wildman–Crippen MR) is 152 cm³/mol. The molecule has 5 rings (SSSR count). The number of carbonyl (C=O) groups excluding carboxylic acids is 1. The number of amides is 2. The Morgan fingerprint density at radius 3 is 2.42 bits per heavy atom. The number of aryl methyl sites for hydroxylation is 1. The fraction of sp³-hybridized carbons (Fsp3) is 0.290. The number of urea groups is 1. The van der Waals surface area contributed by atoms with E-state index in [-0.39, 0.29) is 18.0 Å². The van der Waals surface area contributed by atoms with Gasteiger partial charge in [-0.25, -0.2) is 4.79 Å². The largest absolute Gasteiger partial charge is 0.497 e. The van der Waals surface area contributed by atoms with Crippen LogP contribution in [-0.2, 0) is 4.74 Å². The molecule has 1 saturated heterocycles. The van der Waals surface area contributed by atoms with Gasteiger partial charge in [0.1, 0.15) is 5.75 Å². The quantitative estimate of drug-likeness (QED) is 0.330. The number of anilines is 1. The number of ether oxygens (including phenoxy) is 2. The lowest BCUT2D eigenvalue weighted by Crippen LogP contribution is -2.42. The first kappa shape index (κ1) is 25.7. The monoisotopic (exact) mass is 510 g/mol. The van der Waals surface area contributed by atoms with Gasteiger partial charge in [0.15, 0.2) is 0 Å². The second-order valence-corrected chi connectivity index (χ2v) is 9.67. The van der Waals surface area contributed by atoms with Crippen LogP contribution in [0.2, 0.25) is 0 Å². The van der Waals surface area contributed by atoms with Gasteiger partial charge in [-0.15, -0.1) is 0 Å². The number of nitrogens with one attached hydrogen (secondary N) is 2. The summed E-state index contributed by atoms with van der Waals surface area (Å²) in [5.41, 5.74) is 4.44. The first-order chi connectivity index (χ1) is 18.6. The number of nitrogens with zero attached hydrogens (tertiary/aromatic N) is 2. The molecule has 4 aromatic rings. The van der Waals surface area contributed by atoms with E-state index < -0.39 is 0 Å². The van der Waals surface area contributed by atoms with Crippen LogP contribution in [0, 0.1) is 6.92 Å². The number of rotatable bonds is 8. The van der Waals surface area contributed by atoms with Crippen LogP contribution in [0.4, 0.5) is 10.5 Å². The first-order valence-electron chi connectivity index (χ1n) is 12.9. The van der Waals surface area contributed by atoms with Crippen molar-refractivity contribution in [3.63, 3.8) is 0 Å². The molecule has 1 aromatic heterocycles. The van der Waals surface area contributed by atoms with Crippen molar-refractivity contribution in [2.75, 3.05) is 45.8 Å². The molecule has 1 aliphatic rings. The average Bonchev–Trinajstić information content (AvgIpc) is 3.36. The van der Waals surface area contributed by atoms with Crippen LogP contribution in [-0.4, -0.2) is 62.4 Å². The fourth-order valence-electron chi connectivity index (χ4n) is 5.31. The van der Waals surface area contributed by atoms with Gasteiger partial charge in [-0.05, 0) is 30.7 Å². The van der Waals surface area contributed by atoms with Gasteiger partial charge >= 0.3 is 6.03 Å². The highest BCUT2D eigenvalue weighted by atomic mass is 16.5. The van der Waals surface area contributed by atoms with Crippen molar-refractivity contribution in [3.8, 4) is 17.0 Å². The standard InChI is InChI=1S/C31H34N4O3/c1-21-25-15-14-24(38-3)18-26(25)30(29(32-21)23-12-8-5-9-13-23)34-31(36)33-28-20-35(16-17-37-2)19-27(28)22-10-6-4-7-11-22/h4-15,18,27-28H,16-17,19-20H2,1-3H3,(H2,33,34,36)/t27-,28+/m0/s1. The van der Waals surface area contributed by atoms with E-state index >= 15 is 0 Å². The Hall–Kier alpha value is -3.94. The Labute approximate surface area is 223 Å². The molecule has 0 spiro atoms. The molecule has 7 heteroatoms. The summed E-state index contributed by atoms with van der Waals surface area (Å²) in [6.07, 6.45) is 0. The Morgan fingerprint density at radius 1 is 0.974 bits per heavy atom. The number of hydrogen-bond donors (Lipinski definition) is 2. The Balaban J connectivity index is 1.48. The van der Waals surface area contributed by atoms with Gasteiger partial charge in [0, 0.05) is 54.7 Å². The zero-order chi connectivity index (χ0) is 26.5. The maximum Gasteiger partial charge on any atom is 0.319 e. The topological polar surface area (TPSA) is 75.7 Å². The van der Waals surface area contributed by atoms with Gasteiger partial charge in [0.2, 0.25) is 0 Å². The summed E-state index contributed by atoms with van der Waals surface area (Å²) < 4.78 is 10.8. The van der Waals surface area contributed by atoms with E-state index in [9.17, 15) is 4.79 Å². The number of fused-ring (bicyclic) bond motifs is 1. The highest BCUT2D eigenvalue weighted by Gasteiger charge is 2.34. The van der Waals surface area contributed by atoms with Gasteiger partial charge in [-0.3, -0.25) is 9.88 Å². The maximum atomic E-state index is 13.6. The lowest BCUT2D eigenvalue weighted by molar-refractivity contribution is 0.159. The molecular weight excluding hydrogens is 476 g/mol. The molecule has 196 valence electrons. The molecular formula is C31H34N4O3. The van der Waals surface area contributed by atoms with Crippen molar-refractivity contribution < 1.29 is 14.3 Å². The molecule has 2 amide bonds. The molecule has 2 heterocycles. The number of likely N-dealkylation sites (tertiary alicyclic amines) is 1. The molecule has 2 N–H and O–H groups in total. The van der Waals surface area contributed by atoms with E-state index in [1.165, 1.54) is 5.56 Å². The molecule has 1 fully saturated rings. The lowest BCUT2D eigenvalue weighted by atomic mass is 9.94. The number of carbonyl (C=O) groups is 1. The second kappa shape index (κ2) is 11.6. The number of aromatic nitrogens is 1. The summed E-state index contributed by atoms with van der Waals surface area (Å²) in [5.74, 6) is 0.902. The van der Waals surface area contributed by atoms with E-state index in [2.05, 4.69) is 27.7 Å². The second-order valence-electron chi connectivity index (χ2n) is 9.67. The third-order valence-corrected chi connectivity index (χ3v) is 7.24. The van der Waals surface area contributed by atoms with Crippen LogP contribution in [0.3, 0.4) is 0 Å². The molecule has 3 aromatic carbocycles. The van der Waals surface area contributed by atoms with Crippen LogP contribution >= 0.6 is 0 Å². The normalized spacial score (nSPS) is 17.4. The van der Waals surface area contributed by atoms with Crippen LogP contribution in [0.25, 0.3) is 22.0 Å². The molecule has 2 atom stereocenters. The van der Waals surface area contributed by atoms with E-state index in [0.29, 0.717) is 12.3 Å². The number of methoxy groups -OCH3 is 2. The summed E-state index contributed by atoms with van der Waals surface area (Å²) >= 11 is 0. The fourth-order valence-corrected chi connectivity index (χ4v) is 5.31. The van der Waals surface area contributed by atoms with E-state index in [1.807, 2.05) is 73.7 Å². The van der Waals surface area contributed by atoms with Gasteiger partial charge in [-0.1, -0.05) is 60.7 Å². The summed E-state index contributed by atoms with van der Waals surface area (Å²) in [7, 11) is 3.36. The van der Waals surface area contributed by atoms with Crippen molar-refractivity contribution in [2.24, 2.45) is 0 Å². The first-order valence-corrected chi connectivity index (χ1v) is 12.9. The highest BCUT2D eigenvalue weighted by Crippen LogP contribution is 2.37. The molecule has 0 unspecified atom stereocenters. The zero-order valence-electron chi connectivity index (χ0n) is 22.1. The zero-order valence-corrected chi connectivity index (χ0v) is 22.1. The average molecular weight is 511 g/mol. The number of benzene rings is 3. The minimum Gasteiger partial charge on any atom is -0.497 e. The van der Waals surface area contributed by atoms with E-state index in [4.69, 9.17) is 14.5 Å². The third kappa shape index (κ3) is 5.49. The minimum absolute atomic E-state index is 0.0476. The van der Waals surface area contributed by atoms with Crippen molar-refractivity contribution in [1.82, 2.24) is 15.2 Å². The van der Waals surface area contributed by atoms with Crippen molar-refractivity contribution >= 4 is 22.5 Å². The van der Waals surface area contributed by atoms with Gasteiger partial charge in [0.05, 0.1) is 31.1 Å². The summed E-state index contributed by atoms with van der Waals surface area (Å²) in [4.78, 5) is 20.9. The lowest BCUT2D eigenvalue weighted by Gasteiger charge is -2.22. The molecule has 0 radical (unpaired) electrons. The van der Waals surface area contributed by atoms with Crippen molar-refractivity contribution in [1.29, 1.82) is 0 Å². The Kier molecular flexibility index (Phi) is 7.86. The van der Waals surface area contributed by atoms with Crippen LogP contribution in [0.5, 0.6) is 5.75 Å². The van der Waals surface area contributed by atoms with Crippen LogP contribution < -0.4 is 15.4 Å². The SMILES string of the molecule is COCCN1C[C@@H](NC(=O)Nc2c(-c3ccccc3)nc(C)c3ccc(OC)cc23)[C@H](c2ccccc2)C1.